The Morgan fingerprint density at radius 2 is 1.79 bits per heavy atom. The third-order valence-corrected chi connectivity index (χ3v) is 3.77. The summed E-state index contributed by atoms with van der Waals surface area (Å²) in [5.41, 5.74) is 0.247. The second-order valence-corrected chi connectivity index (χ2v) is 5.70. The number of hydrazone groups is 1. The first-order valence-electron chi connectivity index (χ1n) is 8.06. The van der Waals surface area contributed by atoms with Crippen LogP contribution >= 0.6 is 0 Å². The van der Waals surface area contributed by atoms with E-state index in [1.54, 1.807) is 30.3 Å². The number of nitro groups is 1. The van der Waals surface area contributed by atoms with Crippen molar-refractivity contribution in [3.63, 3.8) is 0 Å². The van der Waals surface area contributed by atoms with Crippen molar-refractivity contribution in [2.24, 2.45) is 5.10 Å². The van der Waals surface area contributed by atoms with Crippen LogP contribution in [0, 0.1) is 10.1 Å². The zero-order valence-corrected chi connectivity index (χ0v) is 14.5. The second kappa shape index (κ2) is 7.92. The van der Waals surface area contributed by atoms with E-state index >= 15 is 0 Å². The number of carbonyl (C=O) groups is 1. The first kappa shape index (κ1) is 19.7. The third kappa shape index (κ3) is 4.46. The molecule has 0 unspecified atom stereocenters. The van der Waals surface area contributed by atoms with Crippen LogP contribution in [0.1, 0.15) is 21.6 Å². The van der Waals surface area contributed by atoms with E-state index in [1.807, 2.05) is 5.43 Å². The summed E-state index contributed by atoms with van der Waals surface area (Å²) in [5, 5.41) is 18.0. The molecule has 29 heavy (non-hydrogen) atoms. The Bertz CT molecular complexity index is 1060. The Morgan fingerprint density at radius 1 is 1.14 bits per heavy atom. The van der Waals surface area contributed by atoms with E-state index in [9.17, 15) is 28.1 Å². The van der Waals surface area contributed by atoms with Crippen LogP contribution in [0.2, 0.25) is 0 Å². The van der Waals surface area contributed by atoms with Gasteiger partial charge in [-0.25, -0.2) is 10.1 Å². The van der Waals surface area contributed by atoms with Gasteiger partial charge in [-0.2, -0.15) is 23.4 Å². The van der Waals surface area contributed by atoms with Gasteiger partial charge >= 0.3 is 6.18 Å². The minimum absolute atomic E-state index is 0.0882. The summed E-state index contributed by atoms with van der Waals surface area (Å²) >= 11 is 0. The molecule has 1 aromatic heterocycles. The number of nitrogens with one attached hydrogen (secondary N) is 1. The molecule has 0 bridgehead atoms. The van der Waals surface area contributed by atoms with Crippen LogP contribution in [0.3, 0.4) is 0 Å². The standard InChI is InChI=1S/C18H12F3N5O3/c19-18(20,21)16-15(17(27)24-22-10-12-4-2-1-3-5-12)11-23-25(16)13-6-8-14(9-7-13)26(28)29/h1-11H,(H,24,27)/b22-10+. The average molecular weight is 403 g/mol. The zero-order valence-electron chi connectivity index (χ0n) is 14.5. The molecule has 148 valence electrons. The lowest BCUT2D eigenvalue weighted by Crippen LogP contribution is -2.23. The number of hydrogen-bond donors (Lipinski definition) is 1. The van der Waals surface area contributed by atoms with Crippen molar-refractivity contribution in [3.05, 3.63) is 87.7 Å². The summed E-state index contributed by atoms with van der Waals surface area (Å²) in [6.07, 6.45) is -2.86. The molecule has 1 N–H and O–H groups in total. The number of nitro benzene ring substituents is 1. The Labute approximate surface area is 161 Å². The molecule has 0 aliphatic carbocycles. The van der Waals surface area contributed by atoms with Crippen LogP contribution in [0.25, 0.3) is 5.69 Å². The monoisotopic (exact) mass is 403 g/mol. The van der Waals surface area contributed by atoms with Gasteiger partial charge in [0, 0.05) is 12.1 Å². The molecule has 0 atom stereocenters. The lowest BCUT2D eigenvalue weighted by Gasteiger charge is -2.12. The van der Waals surface area contributed by atoms with E-state index in [-0.39, 0.29) is 11.4 Å². The fourth-order valence-electron chi connectivity index (χ4n) is 2.46. The second-order valence-electron chi connectivity index (χ2n) is 5.70. The van der Waals surface area contributed by atoms with Crippen LogP contribution in [0.4, 0.5) is 18.9 Å². The normalized spacial score (nSPS) is 11.6. The number of hydrogen-bond acceptors (Lipinski definition) is 5. The largest absolute Gasteiger partial charge is 0.434 e. The Balaban J connectivity index is 1.90. The number of carbonyl (C=O) groups excluding carboxylic acids is 1. The molecule has 0 aliphatic heterocycles. The number of benzene rings is 2. The molecule has 0 saturated carbocycles. The van der Waals surface area contributed by atoms with Gasteiger partial charge in [-0.05, 0) is 17.7 Å². The van der Waals surface area contributed by atoms with Gasteiger partial charge in [0.1, 0.15) is 0 Å². The van der Waals surface area contributed by atoms with E-state index in [1.165, 1.54) is 6.21 Å². The molecular weight excluding hydrogens is 391 g/mol. The maximum Gasteiger partial charge on any atom is 0.434 e. The van der Waals surface area contributed by atoms with E-state index in [0.717, 1.165) is 30.5 Å². The SMILES string of the molecule is O=C(N/N=C/c1ccccc1)c1cnn(-c2ccc([N+](=O)[O-])cc2)c1C(F)(F)F. The molecule has 3 rings (SSSR count). The van der Waals surface area contributed by atoms with E-state index < -0.39 is 28.3 Å². The first-order valence-corrected chi connectivity index (χ1v) is 8.06. The topological polar surface area (TPSA) is 102 Å². The summed E-state index contributed by atoms with van der Waals surface area (Å²) < 4.78 is 41.3. The summed E-state index contributed by atoms with van der Waals surface area (Å²) in [6, 6.07) is 12.9. The molecule has 3 aromatic rings. The molecule has 1 amide bonds. The summed E-state index contributed by atoms with van der Waals surface area (Å²) in [5.74, 6) is -1.10. The fraction of sp³-hybridized carbons (Fsp3) is 0.0556. The molecule has 0 fully saturated rings. The highest BCUT2D eigenvalue weighted by Crippen LogP contribution is 2.33. The minimum atomic E-state index is -4.91. The lowest BCUT2D eigenvalue weighted by atomic mass is 10.2. The molecule has 0 spiro atoms. The van der Waals surface area contributed by atoms with Gasteiger partial charge in [0.05, 0.1) is 28.6 Å². The van der Waals surface area contributed by atoms with E-state index in [4.69, 9.17) is 0 Å². The highest BCUT2D eigenvalue weighted by molar-refractivity contribution is 5.96. The molecule has 0 aliphatic rings. The van der Waals surface area contributed by atoms with Crippen LogP contribution in [0.15, 0.2) is 65.9 Å². The number of alkyl halides is 3. The van der Waals surface area contributed by atoms with Gasteiger partial charge in [0.15, 0.2) is 5.69 Å². The summed E-state index contributed by atoms with van der Waals surface area (Å²) in [4.78, 5) is 22.3. The van der Waals surface area contributed by atoms with Crippen molar-refractivity contribution in [2.75, 3.05) is 0 Å². The van der Waals surface area contributed by atoms with Crippen molar-refractivity contribution in [3.8, 4) is 5.69 Å². The molecule has 0 radical (unpaired) electrons. The number of rotatable bonds is 5. The van der Waals surface area contributed by atoms with Crippen molar-refractivity contribution in [1.29, 1.82) is 0 Å². The predicted octanol–water partition coefficient (Wildman–Crippen LogP) is 3.56. The van der Waals surface area contributed by atoms with E-state index in [0.29, 0.717) is 10.2 Å². The quantitative estimate of drug-likeness (QED) is 0.400. The fourth-order valence-corrected chi connectivity index (χ4v) is 2.46. The number of amides is 1. The van der Waals surface area contributed by atoms with Gasteiger partial charge in [0.2, 0.25) is 0 Å². The average Bonchev–Trinajstić information content (AvgIpc) is 3.14. The number of non-ortho nitro benzene ring substituents is 1. The van der Waals surface area contributed by atoms with Gasteiger partial charge in [-0.3, -0.25) is 14.9 Å². The van der Waals surface area contributed by atoms with Crippen LogP contribution < -0.4 is 5.43 Å². The van der Waals surface area contributed by atoms with Crippen LogP contribution in [-0.2, 0) is 6.18 Å². The number of halogens is 3. The molecular formula is C18H12F3N5O3. The number of aromatic nitrogens is 2. The molecule has 0 saturated heterocycles. The maximum absolute atomic E-state index is 13.6. The van der Waals surface area contributed by atoms with Gasteiger partial charge < -0.3 is 0 Å². The highest BCUT2D eigenvalue weighted by atomic mass is 19.4. The summed E-state index contributed by atoms with van der Waals surface area (Å²) in [7, 11) is 0. The van der Waals surface area contributed by atoms with Gasteiger partial charge in [-0.15, -0.1) is 0 Å². The zero-order chi connectivity index (χ0) is 21.0. The molecule has 11 heteroatoms. The first-order chi connectivity index (χ1) is 13.8. The maximum atomic E-state index is 13.6. The van der Waals surface area contributed by atoms with Crippen molar-refractivity contribution in [1.82, 2.24) is 15.2 Å². The van der Waals surface area contributed by atoms with E-state index in [2.05, 4.69) is 10.2 Å². The predicted molar refractivity (Wildman–Crippen MR) is 96.7 cm³/mol. The third-order valence-electron chi connectivity index (χ3n) is 3.77. The molecule has 8 nitrogen and oxygen atoms in total. The van der Waals surface area contributed by atoms with Gasteiger partial charge in [-0.1, -0.05) is 30.3 Å². The Morgan fingerprint density at radius 3 is 2.38 bits per heavy atom. The van der Waals surface area contributed by atoms with Crippen molar-refractivity contribution >= 4 is 17.8 Å². The number of nitrogens with zero attached hydrogens (tertiary/aromatic N) is 4. The summed E-state index contributed by atoms with van der Waals surface area (Å²) in [6.45, 7) is 0. The van der Waals surface area contributed by atoms with Crippen molar-refractivity contribution < 1.29 is 22.9 Å². The van der Waals surface area contributed by atoms with Crippen molar-refractivity contribution in [2.45, 2.75) is 6.18 Å². The lowest BCUT2D eigenvalue weighted by molar-refractivity contribution is -0.384. The van der Waals surface area contributed by atoms with Crippen LogP contribution in [0.5, 0.6) is 0 Å². The highest BCUT2D eigenvalue weighted by Gasteiger charge is 2.40. The molecule has 1 heterocycles. The van der Waals surface area contributed by atoms with Gasteiger partial charge in [0.25, 0.3) is 11.6 Å². The molecule has 2 aromatic carbocycles. The van der Waals surface area contributed by atoms with Crippen LogP contribution in [-0.4, -0.2) is 26.8 Å². The Kier molecular flexibility index (Phi) is 5.39. The Hall–Kier alpha value is -4.02. The minimum Gasteiger partial charge on any atom is -0.267 e. The smallest absolute Gasteiger partial charge is 0.267 e.